The highest BCUT2D eigenvalue weighted by Crippen LogP contribution is 2.28. The number of nitro groups is 1. The van der Waals surface area contributed by atoms with E-state index >= 15 is 0 Å². The molecule has 28 heavy (non-hydrogen) atoms. The number of nitrogens with one attached hydrogen (secondary N) is 2. The summed E-state index contributed by atoms with van der Waals surface area (Å²) in [5, 5.41) is 16.0. The molecule has 0 spiro atoms. The average Bonchev–Trinajstić information content (AvgIpc) is 2.67. The molecule has 0 aromatic heterocycles. The lowest BCUT2D eigenvalue weighted by atomic mass is 10.2. The quantitative estimate of drug-likeness (QED) is 0.316. The average molecular weight is 422 g/mol. The molecule has 146 valence electrons. The fraction of sp³-hybridized carbons (Fsp3) is 0.111. The lowest BCUT2D eigenvalue weighted by molar-refractivity contribution is -0.384. The number of ether oxygens (including phenoxy) is 2. The predicted octanol–water partition coefficient (Wildman–Crippen LogP) is 3.79. The van der Waals surface area contributed by atoms with Gasteiger partial charge in [-0.25, -0.2) is 0 Å². The number of carbonyl (C=O) groups is 1. The van der Waals surface area contributed by atoms with Gasteiger partial charge in [-0.1, -0.05) is 17.7 Å². The number of nitrogens with zero attached hydrogens (tertiary/aromatic N) is 1. The van der Waals surface area contributed by atoms with Crippen LogP contribution in [0.2, 0.25) is 5.02 Å². The predicted molar refractivity (Wildman–Crippen MR) is 111 cm³/mol. The van der Waals surface area contributed by atoms with E-state index in [2.05, 4.69) is 10.6 Å². The maximum absolute atomic E-state index is 12.0. The number of non-ortho nitro benzene ring substituents is 1. The maximum atomic E-state index is 12.0. The molecule has 8 nitrogen and oxygen atoms in total. The number of benzene rings is 2. The van der Waals surface area contributed by atoms with E-state index in [1.807, 2.05) is 0 Å². The summed E-state index contributed by atoms with van der Waals surface area (Å²) < 4.78 is 10.4. The molecule has 0 saturated heterocycles. The lowest BCUT2D eigenvalue weighted by Gasteiger charge is -2.09. The Morgan fingerprint density at radius 1 is 1.18 bits per heavy atom. The second kappa shape index (κ2) is 9.67. The Bertz CT molecular complexity index is 949. The number of hydrogen-bond donors (Lipinski definition) is 2. The van der Waals surface area contributed by atoms with Crippen molar-refractivity contribution in [2.75, 3.05) is 19.5 Å². The van der Waals surface area contributed by atoms with Gasteiger partial charge in [-0.3, -0.25) is 20.2 Å². The first-order valence-electron chi connectivity index (χ1n) is 7.80. The molecule has 1 amide bonds. The monoisotopic (exact) mass is 421 g/mol. The zero-order valence-electron chi connectivity index (χ0n) is 14.9. The number of thiocarbonyl (C=S) groups is 1. The van der Waals surface area contributed by atoms with Gasteiger partial charge in [0.05, 0.1) is 29.9 Å². The third-order valence-electron chi connectivity index (χ3n) is 3.48. The summed E-state index contributed by atoms with van der Waals surface area (Å²) in [6, 6.07) is 9.06. The Kier molecular flexibility index (Phi) is 7.30. The second-order valence-corrected chi connectivity index (χ2v) is 6.13. The van der Waals surface area contributed by atoms with Crippen LogP contribution in [0.1, 0.15) is 5.56 Å². The normalized spacial score (nSPS) is 10.4. The number of hydrogen-bond acceptors (Lipinski definition) is 6. The standard InChI is InChI=1S/C18H16ClN3O5S/c1-26-15-7-3-11(9-16(15)27-2)4-8-17(23)21-18(28)20-14-6-5-12(22(24)25)10-13(14)19/h3-10H,1-2H3,(H2,20,21,23,28)/b8-4+. The highest BCUT2D eigenvalue weighted by atomic mass is 35.5. The third kappa shape index (κ3) is 5.66. The van der Waals surface area contributed by atoms with E-state index in [0.29, 0.717) is 17.2 Å². The minimum atomic E-state index is -0.561. The minimum absolute atomic E-state index is 0.00212. The minimum Gasteiger partial charge on any atom is -0.493 e. The van der Waals surface area contributed by atoms with Gasteiger partial charge in [-0.15, -0.1) is 0 Å². The molecule has 10 heteroatoms. The van der Waals surface area contributed by atoms with Crippen molar-refractivity contribution >= 4 is 52.3 Å². The summed E-state index contributed by atoms with van der Waals surface area (Å²) in [5.41, 5.74) is 0.912. The van der Waals surface area contributed by atoms with Gasteiger partial charge in [0.1, 0.15) is 0 Å². The number of carbonyl (C=O) groups excluding carboxylic acids is 1. The lowest BCUT2D eigenvalue weighted by Crippen LogP contribution is -2.32. The Balaban J connectivity index is 1.98. The summed E-state index contributed by atoms with van der Waals surface area (Å²) in [5.74, 6) is 0.648. The summed E-state index contributed by atoms with van der Waals surface area (Å²) >= 11 is 11.0. The number of amides is 1. The van der Waals surface area contributed by atoms with E-state index in [0.717, 1.165) is 5.56 Å². The van der Waals surface area contributed by atoms with Crippen molar-refractivity contribution in [1.82, 2.24) is 5.32 Å². The second-order valence-electron chi connectivity index (χ2n) is 5.31. The Labute approximate surface area is 171 Å². The molecule has 2 aromatic rings. The van der Waals surface area contributed by atoms with Gasteiger partial charge >= 0.3 is 0 Å². The number of nitro benzene ring substituents is 1. The van der Waals surface area contributed by atoms with Crippen molar-refractivity contribution in [3.05, 3.63) is 63.2 Å². The summed E-state index contributed by atoms with van der Waals surface area (Å²) in [4.78, 5) is 22.2. The Hall–Kier alpha value is -3.17. The molecule has 0 bridgehead atoms. The van der Waals surface area contributed by atoms with Crippen molar-refractivity contribution in [3.63, 3.8) is 0 Å². The molecule has 2 aromatic carbocycles. The van der Waals surface area contributed by atoms with Crippen LogP contribution in [0.4, 0.5) is 11.4 Å². The fourth-order valence-corrected chi connectivity index (χ4v) is 2.59. The van der Waals surface area contributed by atoms with Crippen molar-refractivity contribution in [1.29, 1.82) is 0 Å². The molecule has 0 radical (unpaired) electrons. The highest BCUT2D eigenvalue weighted by molar-refractivity contribution is 7.80. The molecule has 0 heterocycles. The number of methoxy groups -OCH3 is 2. The summed E-state index contributed by atoms with van der Waals surface area (Å²) in [7, 11) is 3.05. The molecule has 0 fully saturated rings. The first-order chi connectivity index (χ1) is 13.3. The van der Waals surface area contributed by atoms with Gasteiger partial charge in [0.15, 0.2) is 16.6 Å². The first kappa shape index (κ1) is 21.1. The van der Waals surface area contributed by atoms with Crippen LogP contribution in [0.25, 0.3) is 6.08 Å². The number of anilines is 1. The molecule has 2 N–H and O–H groups in total. The molecule has 0 aliphatic rings. The van der Waals surface area contributed by atoms with Crippen LogP contribution >= 0.6 is 23.8 Å². The van der Waals surface area contributed by atoms with Gasteiger partial charge < -0.3 is 14.8 Å². The zero-order valence-corrected chi connectivity index (χ0v) is 16.5. The fourth-order valence-electron chi connectivity index (χ4n) is 2.15. The van der Waals surface area contributed by atoms with E-state index in [9.17, 15) is 14.9 Å². The SMILES string of the molecule is COc1ccc(/C=C/C(=O)NC(=S)Nc2ccc([N+](=O)[O-])cc2Cl)cc1OC. The number of halogens is 1. The maximum Gasteiger partial charge on any atom is 0.271 e. The van der Waals surface area contributed by atoms with Crippen molar-refractivity contribution < 1.29 is 19.2 Å². The smallest absolute Gasteiger partial charge is 0.271 e. The summed E-state index contributed by atoms with van der Waals surface area (Å²) in [6.45, 7) is 0. The summed E-state index contributed by atoms with van der Waals surface area (Å²) in [6.07, 6.45) is 2.88. The van der Waals surface area contributed by atoms with Gasteiger partial charge in [-0.05, 0) is 42.1 Å². The Morgan fingerprint density at radius 2 is 1.89 bits per heavy atom. The Morgan fingerprint density at radius 3 is 2.50 bits per heavy atom. The van der Waals surface area contributed by atoms with Crippen molar-refractivity contribution in [2.45, 2.75) is 0 Å². The van der Waals surface area contributed by atoms with Gasteiger partial charge in [-0.2, -0.15) is 0 Å². The van der Waals surface area contributed by atoms with Gasteiger partial charge in [0.2, 0.25) is 5.91 Å². The van der Waals surface area contributed by atoms with Crippen molar-refractivity contribution in [2.24, 2.45) is 0 Å². The van der Waals surface area contributed by atoms with E-state index in [1.165, 1.54) is 38.5 Å². The number of rotatable bonds is 6. The van der Waals surface area contributed by atoms with Crippen LogP contribution in [0.15, 0.2) is 42.5 Å². The third-order valence-corrected chi connectivity index (χ3v) is 4.00. The van der Waals surface area contributed by atoms with Crippen LogP contribution < -0.4 is 20.1 Å². The van der Waals surface area contributed by atoms with E-state index in [1.54, 1.807) is 24.3 Å². The molecule has 0 aliphatic carbocycles. The van der Waals surface area contributed by atoms with E-state index in [4.69, 9.17) is 33.3 Å². The molecular weight excluding hydrogens is 406 g/mol. The molecule has 0 unspecified atom stereocenters. The molecule has 2 rings (SSSR count). The zero-order chi connectivity index (χ0) is 20.7. The molecule has 0 aliphatic heterocycles. The van der Waals surface area contributed by atoms with Crippen LogP contribution in [0.3, 0.4) is 0 Å². The van der Waals surface area contributed by atoms with Crippen LogP contribution in [0, 0.1) is 10.1 Å². The first-order valence-corrected chi connectivity index (χ1v) is 8.58. The van der Waals surface area contributed by atoms with E-state index < -0.39 is 10.8 Å². The van der Waals surface area contributed by atoms with Gasteiger partial charge in [0.25, 0.3) is 5.69 Å². The largest absolute Gasteiger partial charge is 0.493 e. The van der Waals surface area contributed by atoms with Crippen LogP contribution in [-0.4, -0.2) is 30.2 Å². The van der Waals surface area contributed by atoms with Crippen LogP contribution in [0.5, 0.6) is 11.5 Å². The molecule has 0 atom stereocenters. The highest BCUT2D eigenvalue weighted by Gasteiger charge is 2.11. The van der Waals surface area contributed by atoms with Crippen LogP contribution in [-0.2, 0) is 4.79 Å². The van der Waals surface area contributed by atoms with Crippen molar-refractivity contribution in [3.8, 4) is 11.5 Å². The van der Waals surface area contributed by atoms with Gasteiger partial charge in [0, 0.05) is 18.2 Å². The molecule has 0 saturated carbocycles. The topological polar surface area (TPSA) is 103 Å². The molecular formula is C18H16ClN3O5S. The van der Waals surface area contributed by atoms with E-state index in [-0.39, 0.29) is 15.8 Å².